The van der Waals surface area contributed by atoms with Crippen molar-refractivity contribution < 1.29 is 0 Å². The number of aromatic amines is 1. The summed E-state index contributed by atoms with van der Waals surface area (Å²) in [6.45, 7) is 2.04. The van der Waals surface area contributed by atoms with Crippen LogP contribution in [0.5, 0.6) is 0 Å². The van der Waals surface area contributed by atoms with E-state index in [4.69, 9.17) is 0 Å². The van der Waals surface area contributed by atoms with Gasteiger partial charge in [-0.25, -0.2) is 0 Å². The van der Waals surface area contributed by atoms with Crippen molar-refractivity contribution in [2.24, 2.45) is 5.10 Å². The predicted octanol–water partition coefficient (Wildman–Crippen LogP) is 3.57. The molecule has 1 aliphatic carbocycles. The molecule has 1 saturated carbocycles. The second kappa shape index (κ2) is 5.49. The Morgan fingerprint density at radius 1 is 1.15 bits per heavy atom. The van der Waals surface area contributed by atoms with Crippen molar-refractivity contribution in [3.05, 3.63) is 40.2 Å². The molecule has 4 heteroatoms. The number of anilines is 1. The Hall–Kier alpha value is -2.10. The number of H-pyrrole nitrogens is 1. The van der Waals surface area contributed by atoms with Crippen molar-refractivity contribution in [2.75, 3.05) is 5.43 Å². The zero-order chi connectivity index (χ0) is 13.9. The maximum Gasteiger partial charge on any atom is 0.250 e. The highest BCUT2D eigenvalue weighted by Crippen LogP contribution is 2.22. The highest BCUT2D eigenvalue weighted by atomic mass is 16.1. The molecule has 0 aliphatic heterocycles. The number of nitrogens with zero attached hydrogens (tertiary/aromatic N) is 1. The summed E-state index contributed by atoms with van der Waals surface area (Å²) in [5.74, 6) is 0. The van der Waals surface area contributed by atoms with Gasteiger partial charge in [0.05, 0.1) is 11.2 Å². The van der Waals surface area contributed by atoms with Crippen LogP contribution in [-0.2, 0) is 0 Å². The number of fused-ring (bicyclic) bond motifs is 1. The van der Waals surface area contributed by atoms with Gasteiger partial charge in [-0.15, -0.1) is 0 Å². The monoisotopic (exact) mass is 269 g/mol. The van der Waals surface area contributed by atoms with Crippen LogP contribution in [0.25, 0.3) is 10.9 Å². The fourth-order valence-corrected chi connectivity index (χ4v) is 2.67. The van der Waals surface area contributed by atoms with Crippen LogP contribution in [0.4, 0.5) is 5.69 Å². The van der Waals surface area contributed by atoms with E-state index < -0.39 is 0 Å². The SMILES string of the molecule is Cc1ccc2[nH]c(=O)cc(NN=C3CCCCC3)c2c1. The molecule has 1 aromatic carbocycles. The van der Waals surface area contributed by atoms with E-state index >= 15 is 0 Å². The lowest BCUT2D eigenvalue weighted by Gasteiger charge is -2.13. The second-order valence-corrected chi connectivity index (χ2v) is 5.45. The van der Waals surface area contributed by atoms with Crippen molar-refractivity contribution in [2.45, 2.75) is 39.0 Å². The molecule has 20 heavy (non-hydrogen) atoms. The third-order valence-corrected chi connectivity index (χ3v) is 3.76. The van der Waals surface area contributed by atoms with Crippen molar-refractivity contribution in [1.29, 1.82) is 0 Å². The first-order valence-corrected chi connectivity index (χ1v) is 7.17. The number of hydrazone groups is 1. The molecule has 1 aromatic heterocycles. The molecular weight excluding hydrogens is 250 g/mol. The number of hydrogen-bond donors (Lipinski definition) is 2. The summed E-state index contributed by atoms with van der Waals surface area (Å²) in [6.07, 6.45) is 5.86. The third-order valence-electron chi connectivity index (χ3n) is 3.76. The molecule has 0 saturated heterocycles. The van der Waals surface area contributed by atoms with E-state index in [0.717, 1.165) is 35.0 Å². The molecule has 1 aliphatic rings. The average molecular weight is 269 g/mol. The lowest BCUT2D eigenvalue weighted by molar-refractivity contribution is 0.665. The van der Waals surface area contributed by atoms with Crippen molar-refractivity contribution in [3.63, 3.8) is 0 Å². The molecule has 0 radical (unpaired) electrons. The van der Waals surface area contributed by atoms with Crippen LogP contribution in [0.15, 0.2) is 34.2 Å². The maximum absolute atomic E-state index is 11.7. The quantitative estimate of drug-likeness (QED) is 0.819. The molecule has 2 N–H and O–H groups in total. The average Bonchev–Trinajstić information content (AvgIpc) is 2.46. The molecule has 0 amide bonds. The first-order chi connectivity index (χ1) is 9.72. The Kier molecular flexibility index (Phi) is 3.54. The van der Waals surface area contributed by atoms with Gasteiger partial charge in [0.15, 0.2) is 0 Å². The minimum absolute atomic E-state index is 0.104. The molecule has 4 nitrogen and oxygen atoms in total. The second-order valence-electron chi connectivity index (χ2n) is 5.45. The first-order valence-electron chi connectivity index (χ1n) is 7.17. The first kappa shape index (κ1) is 12.9. The molecule has 2 aromatic rings. The molecule has 1 heterocycles. The fraction of sp³-hybridized carbons (Fsp3) is 0.375. The normalized spacial score (nSPS) is 15.3. The van der Waals surface area contributed by atoms with Crippen LogP contribution >= 0.6 is 0 Å². The van der Waals surface area contributed by atoms with Crippen molar-refractivity contribution in [1.82, 2.24) is 4.98 Å². The minimum Gasteiger partial charge on any atom is -0.322 e. The summed E-state index contributed by atoms with van der Waals surface area (Å²) in [7, 11) is 0. The van der Waals surface area contributed by atoms with Crippen LogP contribution in [0.2, 0.25) is 0 Å². The number of aryl methyl sites for hydroxylation is 1. The van der Waals surface area contributed by atoms with Gasteiger partial charge < -0.3 is 4.98 Å². The molecule has 104 valence electrons. The number of rotatable bonds is 2. The van der Waals surface area contributed by atoms with E-state index in [1.807, 2.05) is 19.1 Å². The molecule has 0 atom stereocenters. The van der Waals surface area contributed by atoms with Gasteiger partial charge in [-0.05, 0) is 44.7 Å². The van der Waals surface area contributed by atoms with Crippen LogP contribution < -0.4 is 11.0 Å². The van der Waals surface area contributed by atoms with Crippen LogP contribution in [0.3, 0.4) is 0 Å². The summed E-state index contributed by atoms with van der Waals surface area (Å²) < 4.78 is 0. The molecule has 3 rings (SSSR count). The summed E-state index contributed by atoms with van der Waals surface area (Å²) in [4.78, 5) is 14.5. The Labute approximate surface area is 117 Å². The predicted molar refractivity (Wildman–Crippen MR) is 83.4 cm³/mol. The van der Waals surface area contributed by atoms with E-state index in [-0.39, 0.29) is 5.56 Å². The number of aromatic nitrogens is 1. The topological polar surface area (TPSA) is 57.2 Å². The Balaban J connectivity index is 1.97. The summed E-state index contributed by atoms with van der Waals surface area (Å²) in [5, 5.41) is 5.49. The Morgan fingerprint density at radius 2 is 1.95 bits per heavy atom. The number of hydrogen-bond acceptors (Lipinski definition) is 3. The van der Waals surface area contributed by atoms with Crippen molar-refractivity contribution >= 4 is 22.3 Å². The third kappa shape index (κ3) is 2.74. The fourth-order valence-electron chi connectivity index (χ4n) is 2.67. The Bertz CT molecular complexity index is 707. The number of pyridine rings is 1. The van der Waals surface area contributed by atoms with Crippen LogP contribution in [-0.4, -0.2) is 10.7 Å². The van der Waals surface area contributed by atoms with Gasteiger partial charge in [0.1, 0.15) is 0 Å². The Morgan fingerprint density at radius 3 is 2.75 bits per heavy atom. The molecule has 0 bridgehead atoms. The maximum atomic E-state index is 11.7. The number of benzene rings is 1. The summed E-state index contributed by atoms with van der Waals surface area (Å²) in [6, 6.07) is 7.57. The molecule has 0 spiro atoms. The van der Waals surface area contributed by atoms with E-state index in [0.29, 0.717) is 0 Å². The lowest BCUT2D eigenvalue weighted by Crippen LogP contribution is -2.10. The molecule has 0 unspecified atom stereocenters. The van der Waals surface area contributed by atoms with Gasteiger partial charge in [0.25, 0.3) is 5.56 Å². The lowest BCUT2D eigenvalue weighted by atomic mass is 9.99. The van der Waals surface area contributed by atoms with Gasteiger partial charge in [-0.3, -0.25) is 10.2 Å². The highest BCUT2D eigenvalue weighted by Gasteiger charge is 2.07. The zero-order valence-electron chi connectivity index (χ0n) is 11.7. The van der Waals surface area contributed by atoms with Crippen LogP contribution in [0.1, 0.15) is 37.7 Å². The minimum atomic E-state index is -0.104. The molecular formula is C16H19N3O. The van der Waals surface area contributed by atoms with Crippen LogP contribution in [0, 0.1) is 6.92 Å². The van der Waals surface area contributed by atoms with E-state index in [1.165, 1.54) is 25.0 Å². The van der Waals surface area contributed by atoms with E-state index in [1.54, 1.807) is 6.07 Å². The van der Waals surface area contributed by atoms with E-state index in [2.05, 4.69) is 21.6 Å². The van der Waals surface area contributed by atoms with Gasteiger partial charge in [0.2, 0.25) is 0 Å². The number of nitrogens with one attached hydrogen (secondary N) is 2. The molecule has 1 fully saturated rings. The van der Waals surface area contributed by atoms with Gasteiger partial charge in [0, 0.05) is 17.2 Å². The highest BCUT2D eigenvalue weighted by molar-refractivity contribution is 5.92. The van der Waals surface area contributed by atoms with E-state index in [9.17, 15) is 4.79 Å². The van der Waals surface area contributed by atoms with Gasteiger partial charge >= 0.3 is 0 Å². The van der Waals surface area contributed by atoms with Crippen molar-refractivity contribution in [3.8, 4) is 0 Å². The van der Waals surface area contributed by atoms with Gasteiger partial charge in [-0.1, -0.05) is 18.1 Å². The summed E-state index contributed by atoms with van der Waals surface area (Å²) in [5.41, 5.74) is 6.98. The zero-order valence-corrected chi connectivity index (χ0v) is 11.7. The van der Waals surface area contributed by atoms with Gasteiger partial charge in [-0.2, -0.15) is 5.10 Å². The standard InChI is InChI=1S/C16H19N3O/c1-11-7-8-14-13(9-11)15(10-16(20)17-14)19-18-12-5-3-2-4-6-12/h7-10H,2-6H2,1H3,(H2,17,19,20). The smallest absolute Gasteiger partial charge is 0.250 e. The largest absolute Gasteiger partial charge is 0.322 e. The summed E-state index contributed by atoms with van der Waals surface area (Å²) >= 11 is 0.